The highest BCUT2D eigenvalue weighted by molar-refractivity contribution is 5.42. The SMILES string of the molecule is CCCC/C(C#COCC)=C(/C#CCOC)CC. The fraction of sp³-hybridized carbons (Fsp3) is 0.625. The van der Waals surface area contributed by atoms with Gasteiger partial charge in [0.2, 0.25) is 0 Å². The smallest absolute Gasteiger partial charge is 0.115 e. The standard InChI is InChI=1S/C16H24O2/c1-5-8-10-16(12-14-18-7-3)15(6-2)11-9-13-17-4/h5-8,10,13H2,1-4H3/b16-15-. The van der Waals surface area contributed by atoms with Crippen molar-refractivity contribution >= 4 is 0 Å². The van der Waals surface area contributed by atoms with Gasteiger partial charge in [-0.05, 0) is 32.1 Å². The normalized spacial score (nSPS) is 10.7. The molecule has 0 amide bonds. The maximum atomic E-state index is 5.10. The topological polar surface area (TPSA) is 18.5 Å². The van der Waals surface area contributed by atoms with Crippen molar-refractivity contribution in [2.24, 2.45) is 0 Å². The Morgan fingerprint density at radius 3 is 2.39 bits per heavy atom. The molecular formula is C16H24O2. The Labute approximate surface area is 112 Å². The van der Waals surface area contributed by atoms with Gasteiger partial charge < -0.3 is 9.47 Å². The molecule has 18 heavy (non-hydrogen) atoms. The van der Waals surface area contributed by atoms with E-state index in [0.717, 1.165) is 36.8 Å². The lowest BCUT2D eigenvalue weighted by atomic mass is 10.0. The van der Waals surface area contributed by atoms with Crippen molar-refractivity contribution in [1.82, 2.24) is 0 Å². The molecule has 2 heteroatoms. The number of rotatable bonds is 6. The molecule has 0 aromatic rings. The molecule has 0 N–H and O–H groups in total. The van der Waals surface area contributed by atoms with E-state index >= 15 is 0 Å². The highest BCUT2D eigenvalue weighted by atomic mass is 16.5. The molecule has 0 unspecified atom stereocenters. The molecule has 0 saturated heterocycles. The third-order valence-corrected chi connectivity index (χ3v) is 2.37. The maximum Gasteiger partial charge on any atom is 0.115 e. The van der Waals surface area contributed by atoms with Crippen LogP contribution >= 0.6 is 0 Å². The number of allylic oxidation sites excluding steroid dienone is 2. The molecule has 0 radical (unpaired) electrons. The van der Waals surface area contributed by atoms with Gasteiger partial charge in [-0.25, -0.2) is 0 Å². The zero-order valence-electron chi connectivity index (χ0n) is 12.1. The fourth-order valence-electron chi connectivity index (χ4n) is 1.40. The molecule has 0 heterocycles. The van der Waals surface area contributed by atoms with Gasteiger partial charge in [0.15, 0.2) is 0 Å². The van der Waals surface area contributed by atoms with Gasteiger partial charge in [0.25, 0.3) is 0 Å². The van der Waals surface area contributed by atoms with Crippen LogP contribution in [-0.4, -0.2) is 20.3 Å². The Morgan fingerprint density at radius 2 is 1.83 bits per heavy atom. The van der Waals surface area contributed by atoms with Gasteiger partial charge in [-0.15, -0.1) is 0 Å². The Balaban J connectivity index is 4.95. The minimum Gasteiger partial charge on any atom is -0.447 e. The number of hydrogen-bond donors (Lipinski definition) is 0. The Kier molecular flexibility index (Phi) is 11.2. The molecule has 0 bridgehead atoms. The Hall–Kier alpha value is -1.38. The Morgan fingerprint density at radius 1 is 1.06 bits per heavy atom. The first-order valence-electron chi connectivity index (χ1n) is 6.62. The lowest BCUT2D eigenvalue weighted by molar-refractivity contribution is 0.240. The predicted molar refractivity (Wildman–Crippen MR) is 75.9 cm³/mol. The summed E-state index contributed by atoms with van der Waals surface area (Å²) in [7, 11) is 1.65. The van der Waals surface area contributed by atoms with Gasteiger partial charge >= 0.3 is 0 Å². The molecule has 0 spiro atoms. The minimum absolute atomic E-state index is 0.462. The van der Waals surface area contributed by atoms with Crippen LogP contribution in [0, 0.1) is 23.9 Å². The molecule has 0 aromatic heterocycles. The largest absolute Gasteiger partial charge is 0.447 e. The lowest BCUT2D eigenvalue weighted by Crippen LogP contribution is -1.90. The molecular weight excluding hydrogens is 224 g/mol. The van der Waals surface area contributed by atoms with E-state index in [1.807, 2.05) is 6.92 Å². The van der Waals surface area contributed by atoms with Crippen LogP contribution in [0.25, 0.3) is 0 Å². The summed E-state index contributed by atoms with van der Waals surface area (Å²) in [6.45, 7) is 7.29. The van der Waals surface area contributed by atoms with Gasteiger partial charge in [0.05, 0.1) is 6.61 Å². The van der Waals surface area contributed by atoms with Crippen LogP contribution in [0.4, 0.5) is 0 Å². The first-order valence-corrected chi connectivity index (χ1v) is 6.62. The lowest BCUT2D eigenvalue weighted by Gasteiger charge is -2.03. The van der Waals surface area contributed by atoms with Crippen LogP contribution in [-0.2, 0) is 9.47 Å². The van der Waals surface area contributed by atoms with Crippen LogP contribution < -0.4 is 0 Å². The zero-order valence-corrected chi connectivity index (χ0v) is 12.1. The number of hydrogen-bond acceptors (Lipinski definition) is 2. The monoisotopic (exact) mass is 248 g/mol. The van der Waals surface area contributed by atoms with Gasteiger partial charge in [0.1, 0.15) is 12.7 Å². The second-order valence-electron chi connectivity index (χ2n) is 3.81. The van der Waals surface area contributed by atoms with Crippen LogP contribution in [0.2, 0.25) is 0 Å². The van der Waals surface area contributed by atoms with Crippen LogP contribution in [0.15, 0.2) is 11.1 Å². The molecule has 100 valence electrons. The van der Waals surface area contributed by atoms with Gasteiger partial charge in [-0.1, -0.05) is 32.1 Å². The second kappa shape index (κ2) is 12.1. The van der Waals surface area contributed by atoms with Crippen molar-refractivity contribution < 1.29 is 9.47 Å². The summed E-state index contributed by atoms with van der Waals surface area (Å²) in [6, 6.07) is 0. The van der Waals surface area contributed by atoms with E-state index in [2.05, 4.69) is 37.7 Å². The molecule has 2 nitrogen and oxygen atoms in total. The number of ether oxygens (including phenoxy) is 2. The van der Waals surface area contributed by atoms with Gasteiger partial charge in [0, 0.05) is 18.3 Å². The average Bonchev–Trinajstić information content (AvgIpc) is 2.39. The highest BCUT2D eigenvalue weighted by Crippen LogP contribution is 2.14. The average molecular weight is 248 g/mol. The summed E-state index contributed by atoms with van der Waals surface area (Å²) >= 11 is 0. The van der Waals surface area contributed by atoms with E-state index in [4.69, 9.17) is 9.47 Å². The van der Waals surface area contributed by atoms with Crippen molar-refractivity contribution in [3.63, 3.8) is 0 Å². The summed E-state index contributed by atoms with van der Waals surface area (Å²) in [6.07, 6.45) is 6.90. The number of methoxy groups -OCH3 is 1. The third-order valence-electron chi connectivity index (χ3n) is 2.37. The van der Waals surface area contributed by atoms with E-state index < -0.39 is 0 Å². The molecule has 0 aromatic carbocycles. The third kappa shape index (κ3) is 7.82. The molecule has 0 fully saturated rings. The van der Waals surface area contributed by atoms with Crippen molar-refractivity contribution in [3.8, 4) is 23.9 Å². The van der Waals surface area contributed by atoms with E-state index in [1.54, 1.807) is 7.11 Å². The minimum atomic E-state index is 0.462. The molecule has 0 aliphatic rings. The van der Waals surface area contributed by atoms with Gasteiger partial charge in [-0.2, -0.15) is 0 Å². The molecule has 0 rings (SSSR count). The van der Waals surface area contributed by atoms with E-state index in [9.17, 15) is 0 Å². The molecule has 0 aliphatic carbocycles. The van der Waals surface area contributed by atoms with Crippen LogP contribution in [0.3, 0.4) is 0 Å². The fourth-order valence-corrected chi connectivity index (χ4v) is 1.40. The van der Waals surface area contributed by atoms with Crippen molar-refractivity contribution in [2.75, 3.05) is 20.3 Å². The first kappa shape index (κ1) is 16.6. The van der Waals surface area contributed by atoms with Crippen molar-refractivity contribution in [3.05, 3.63) is 11.1 Å². The van der Waals surface area contributed by atoms with Crippen LogP contribution in [0.5, 0.6) is 0 Å². The maximum absolute atomic E-state index is 5.10. The summed E-state index contributed by atoms with van der Waals surface area (Å²) < 4.78 is 10.0. The summed E-state index contributed by atoms with van der Waals surface area (Å²) in [4.78, 5) is 0. The van der Waals surface area contributed by atoms with Crippen LogP contribution in [0.1, 0.15) is 46.5 Å². The number of unbranched alkanes of at least 4 members (excludes halogenated alkanes) is 1. The highest BCUT2D eigenvalue weighted by Gasteiger charge is 2.00. The Bertz CT molecular complexity index is 358. The first-order chi connectivity index (χ1) is 8.79. The van der Waals surface area contributed by atoms with Gasteiger partial charge in [-0.3, -0.25) is 0 Å². The quantitative estimate of drug-likeness (QED) is 0.669. The second-order valence-corrected chi connectivity index (χ2v) is 3.81. The summed E-state index contributed by atoms with van der Waals surface area (Å²) in [5.41, 5.74) is 2.21. The molecule has 0 aliphatic heterocycles. The summed E-state index contributed by atoms with van der Waals surface area (Å²) in [5.74, 6) is 9.25. The zero-order chi connectivity index (χ0) is 13.6. The molecule has 0 atom stereocenters. The molecule has 0 saturated carbocycles. The predicted octanol–water partition coefficient (Wildman–Crippen LogP) is 3.53. The van der Waals surface area contributed by atoms with E-state index in [-0.39, 0.29) is 0 Å². The van der Waals surface area contributed by atoms with E-state index in [0.29, 0.717) is 13.2 Å². The van der Waals surface area contributed by atoms with Crippen molar-refractivity contribution in [2.45, 2.75) is 46.5 Å². The van der Waals surface area contributed by atoms with Crippen molar-refractivity contribution in [1.29, 1.82) is 0 Å². The summed E-state index contributed by atoms with van der Waals surface area (Å²) in [5, 5.41) is 0. The van der Waals surface area contributed by atoms with E-state index in [1.165, 1.54) is 0 Å².